The molecule has 2 heterocycles. The van der Waals surface area contributed by atoms with Crippen LogP contribution in [-0.2, 0) is 10.2 Å². The number of hydrogen-bond acceptors (Lipinski definition) is 2. The first kappa shape index (κ1) is 11.5. The van der Waals surface area contributed by atoms with Crippen molar-refractivity contribution >= 4 is 5.91 Å². The number of rotatable bonds is 2. The molecule has 1 saturated carbocycles. The molecule has 3 aliphatic rings. The van der Waals surface area contributed by atoms with Crippen molar-refractivity contribution in [1.82, 2.24) is 10.2 Å². The maximum atomic E-state index is 13.0. The van der Waals surface area contributed by atoms with Gasteiger partial charge in [-0.3, -0.25) is 4.79 Å². The van der Waals surface area contributed by atoms with E-state index in [-0.39, 0.29) is 5.41 Å². The van der Waals surface area contributed by atoms with Gasteiger partial charge in [0.1, 0.15) is 0 Å². The molecule has 3 fully saturated rings. The summed E-state index contributed by atoms with van der Waals surface area (Å²) in [4.78, 5) is 15.1. The number of carbonyl (C=O) groups is 1. The van der Waals surface area contributed by atoms with Gasteiger partial charge in [-0.1, -0.05) is 30.3 Å². The van der Waals surface area contributed by atoms with E-state index < -0.39 is 0 Å². The van der Waals surface area contributed by atoms with Crippen molar-refractivity contribution in [3.05, 3.63) is 35.9 Å². The molecule has 0 unspecified atom stereocenters. The van der Waals surface area contributed by atoms with Crippen molar-refractivity contribution in [2.75, 3.05) is 19.6 Å². The van der Waals surface area contributed by atoms with E-state index in [1.165, 1.54) is 12.0 Å². The van der Waals surface area contributed by atoms with E-state index >= 15 is 0 Å². The lowest BCUT2D eigenvalue weighted by Crippen LogP contribution is -2.44. The van der Waals surface area contributed by atoms with Crippen molar-refractivity contribution in [2.24, 2.45) is 5.92 Å². The number of amides is 1. The fraction of sp³-hybridized carbons (Fsp3) is 0.562. The minimum Gasteiger partial charge on any atom is -0.337 e. The van der Waals surface area contributed by atoms with Gasteiger partial charge >= 0.3 is 0 Å². The summed E-state index contributed by atoms with van der Waals surface area (Å²) < 4.78 is 0. The third-order valence-electron chi connectivity index (χ3n) is 5.19. The summed E-state index contributed by atoms with van der Waals surface area (Å²) in [5.74, 6) is 1.07. The molecule has 3 nitrogen and oxygen atoms in total. The summed E-state index contributed by atoms with van der Waals surface area (Å²) >= 11 is 0. The number of nitrogens with zero attached hydrogens (tertiary/aromatic N) is 1. The van der Waals surface area contributed by atoms with Crippen LogP contribution in [0.25, 0.3) is 0 Å². The fourth-order valence-corrected chi connectivity index (χ4v) is 3.88. The molecule has 1 aromatic carbocycles. The van der Waals surface area contributed by atoms with E-state index in [9.17, 15) is 4.79 Å². The molecule has 0 aromatic heterocycles. The Bertz CT molecular complexity index is 495. The van der Waals surface area contributed by atoms with Gasteiger partial charge in [0.15, 0.2) is 0 Å². The molecular formula is C16H20N2O. The summed E-state index contributed by atoms with van der Waals surface area (Å²) in [6.45, 7) is 3.04. The molecule has 1 aliphatic carbocycles. The molecule has 3 heteroatoms. The minimum atomic E-state index is -0.182. The second-order valence-electron chi connectivity index (χ2n) is 6.22. The van der Waals surface area contributed by atoms with E-state index in [2.05, 4.69) is 22.3 Å². The highest BCUT2D eigenvalue weighted by atomic mass is 16.2. The van der Waals surface area contributed by atoms with E-state index in [0.717, 1.165) is 32.5 Å². The van der Waals surface area contributed by atoms with Crippen molar-refractivity contribution in [2.45, 2.75) is 30.7 Å². The van der Waals surface area contributed by atoms with E-state index in [1.807, 2.05) is 18.2 Å². The monoisotopic (exact) mass is 256 g/mol. The number of fused-ring (bicyclic) bond motifs is 1. The summed E-state index contributed by atoms with van der Waals surface area (Å²) in [5.41, 5.74) is 1.04. The highest BCUT2D eigenvalue weighted by molar-refractivity contribution is 5.91. The Kier molecular flexibility index (Phi) is 2.46. The number of likely N-dealkylation sites (tertiary alicyclic amines) is 1. The topological polar surface area (TPSA) is 32.3 Å². The van der Waals surface area contributed by atoms with Gasteiger partial charge in [0, 0.05) is 25.7 Å². The van der Waals surface area contributed by atoms with Gasteiger partial charge in [-0.25, -0.2) is 0 Å². The second kappa shape index (κ2) is 4.07. The van der Waals surface area contributed by atoms with Gasteiger partial charge in [-0.2, -0.15) is 0 Å². The summed E-state index contributed by atoms with van der Waals surface area (Å²) in [6, 6.07) is 10.8. The lowest BCUT2D eigenvalue weighted by atomic mass is 9.94. The van der Waals surface area contributed by atoms with Crippen LogP contribution < -0.4 is 5.32 Å². The molecule has 100 valence electrons. The first-order valence-corrected chi connectivity index (χ1v) is 7.39. The molecule has 0 radical (unpaired) electrons. The highest BCUT2D eigenvalue weighted by Gasteiger charge is 2.55. The standard InChI is InChI=1S/C16H20N2O/c19-15(18-9-6-12-10-17-11-14(12)18)16(7-8-16)13-4-2-1-3-5-13/h1-5,12,14,17H,6-11H2/t12-,14+/m0/s1. The van der Waals surface area contributed by atoms with Crippen LogP contribution in [0.15, 0.2) is 30.3 Å². The average Bonchev–Trinajstić information content (AvgIpc) is 2.96. The van der Waals surface area contributed by atoms with Crippen LogP contribution in [0.1, 0.15) is 24.8 Å². The predicted molar refractivity (Wildman–Crippen MR) is 73.8 cm³/mol. The van der Waals surface area contributed by atoms with Crippen LogP contribution in [0.5, 0.6) is 0 Å². The van der Waals surface area contributed by atoms with Gasteiger partial charge in [0.2, 0.25) is 5.91 Å². The summed E-state index contributed by atoms with van der Waals surface area (Å²) in [6.07, 6.45) is 3.22. The fourth-order valence-electron chi connectivity index (χ4n) is 3.88. The Balaban J connectivity index is 1.61. The van der Waals surface area contributed by atoms with Crippen LogP contribution in [0.3, 0.4) is 0 Å². The van der Waals surface area contributed by atoms with Gasteiger partial charge in [0.05, 0.1) is 5.41 Å². The smallest absolute Gasteiger partial charge is 0.233 e. The molecular weight excluding hydrogens is 236 g/mol. The third-order valence-corrected chi connectivity index (χ3v) is 5.19. The Morgan fingerprint density at radius 3 is 2.74 bits per heavy atom. The molecule has 2 aliphatic heterocycles. The number of hydrogen-bond donors (Lipinski definition) is 1. The molecule has 1 aromatic rings. The number of benzene rings is 1. The molecule has 2 saturated heterocycles. The van der Waals surface area contributed by atoms with Gasteiger partial charge in [-0.15, -0.1) is 0 Å². The van der Waals surface area contributed by atoms with Crippen LogP contribution in [-0.4, -0.2) is 36.5 Å². The zero-order chi connectivity index (χ0) is 12.9. The SMILES string of the molecule is O=C(N1CC[C@H]2CNC[C@H]21)C1(c2ccccc2)CC1. The first-order chi connectivity index (χ1) is 9.31. The molecule has 2 atom stereocenters. The van der Waals surface area contributed by atoms with Crippen molar-refractivity contribution in [3.8, 4) is 0 Å². The Labute approximate surface area is 114 Å². The van der Waals surface area contributed by atoms with Crippen LogP contribution in [0, 0.1) is 5.92 Å². The molecule has 1 amide bonds. The maximum absolute atomic E-state index is 13.0. The second-order valence-corrected chi connectivity index (χ2v) is 6.22. The maximum Gasteiger partial charge on any atom is 0.233 e. The molecule has 0 spiro atoms. The lowest BCUT2D eigenvalue weighted by molar-refractivity contribution is -0.134. The van der Waals surface area contributed by atoms with Crippen LogP contribution in [0.4, 0.5) is 0 Å². The highest BCUT2D eigenvalue weighted by Crippen LogP contribution is 2.50. The van der Waals surface area contributed by atoms with Gasteiger partial charge < -0.3 is 10.2 Å². The average molecular weight is 256 g/mol. The first-order valence-electron chi connectivity index (χ1n) is 7.39. The lowest BCUT2D eigenvalue weighted by Gasteiger charge is -2.28. The van der Waals surface area contributed by atoms with Crippen molar-refractivity contribution in [3.63, 3.8) is 0 Å². The molecule has 4 rings (SSSR count). The summed E-state index contributed by atoms with van der Waals surface area (Å²) in [7, 11) is 0. The number of nitrogens with one attached hydrogen (secondary N) is 1. The zero-order valence-electron chi connectivity index (χ0n) is 11.1. The Hall–Kier alpha value is -1.35. The van der Waals surface area contributed by atoms with Crippen LogP contribution in [0.2, 0.25) is 0 Å². The van der Waals surface area contributed by atoms with E-state index in [1.54, 1.807) is 0 Å². The van der Waals surface area contributed by atoms with Gasteiger partial charge in [0.25, 0.3) is 0 Å². The molecule has 1 N–H and O–H groups in total. The zero-order valence-corrected chi connectivity index (χ0v) is 11.1. The van der Waals surface area contributed by atoms with Crippen molar-refractivity contribution < 1.29 is 4.79 Å². The van der Waals surface area contributed by atoms with Crippen molar-refractivity contribution in [1.29, 1.82) is 0 Å². The quantitative estimate of drug-likeness (QED) is 0.870. The third kappa shape index (κ3) is 1.64. The Morgan fingerprint density at radius 2 is 2.00 bits per heavy atom. The Morgan fingerprint density at radius 1 is 1.21 bits per heavy atom. The largest absolute Gasteiger partial charge is 0.337 e. The van der Waals surface area contributed by atoms with Crippen LogP contribution >= 0.6 is 0 Å². The minimum absolute atomic E-state index is 0.182. The molecule has 19 heavy (non-hydrogen) atoms. The predicted octanol–water partition coefficient (Wildman–Crippen LogP) is 1.54. The molecule has 0 bridgehead atoms. The van der Waals surface area contributed by atoms with E-state index in [0.29, 0.717) is 17.9 Å². The number of carbonyl (C=O) groups excluding carboxylic acids is 1. The van der Waals surface area contributed by atoms with Gasteiger partial charge in [-0.05, 0) is 30.7 Å². The summed E-state index contributed by atoms with van der Waals surface area (Å²) in [5, 5.41) is 3.43. The van der Waals surface area contributed by atoms with E-state index in [4.69, 9.17) is 0 Å². The normalized spacial score (nSPS) is 31.3.